The van der Waals surface area contributed by atoms with Crippen LogP contribution in [0, 0.1) is 0 Å². The van der Waals surface area contributed by atoms with Crippen molar-refractivity contribution in [2.75, 3.05) is 11.5 Å². The molecule has 1 aromatic carbocycles. The zero-order valence-corrected chi connectivity index (χ0v) is 8.22. The van der Waals surface area contributed by atoms with Gasteiger partial charge in [0.2, 0.25) is 0 Å². The molecule has 2 aromatic rings. The lowest BCUT2D eigenvalue weighted by molar-refractivity contribution is 0.947. The van der Waals surface area contributed by atoms with Crippen molar-refractivity contribution in [3.63, 3.8) is 0 Å². The molecule has 0 aliphatic carbocycles. The van der Waals surface area contributed by atoms with Crippen LogP contribution >= 0.6 is 0 Å². The number of hydrogen-bond acceptors (Lipinski definition) is 4. The molecule has 0 unspecified atom stereocenters. The Bertz CT molecular complexity index is 453. The maximum atomic E-state index is 5.65. The van der Waals surface area contributed by atoms with Crippen molar-refractivity contribution in [1.82, 2.24) is 10.2 Å². The van der Waals surface area contributed by atoms with E-state index in [4.69, 9.17) is 11.5 Å². The van der Waals surface area contributed by atoms with Gasteiger partial charge in [0.25, 0.3) is 0 Å². The van der Waals surface area contributed by atoms with Crippen LogP contribution in [0.15, 0.2) is 36.4 Å². The highest BCUT2D eigenvalue weighted by molar-refractivity contribution is 5.57. The number of aromatic nitrogens is 2. The molecule has 0 aliphatic rings. The average molecular weight is 200 g/mol. The van der Waals surface area contributed by atoms with E-state index < -0.39 is 0 Å². The predicted octanol–water partition coefficient (Wildman–Crippen LogP) is 1.23. The van der Waals surface area contributed by atoms with Crippen LogP contribution in [-0.4, -0.2) is 10.2 Å². The number of hydrogen-bond donors (Lipinski definition) is 2. The topological polar surface area (TPSA) is 77.8 Å². The molecule has 1 heterocycles. The van der Waals surface area contributed by atoms with Crippen LogP contribution in [0.2, 0.25) is 0 Å². The Morgan fingerprint density at radius 2 is 1.73 bits per heavy atom. The normalized spacial score (nSPS) is 10.1. The van der Waals surface area contributed by atoms with Crippen LogP contribution in [-0.2, 0) is 6.42 Å². The zero-order valence-electron chi connectivity index (χ0n) is 8.22. The second-order valence-corrected chi connectivity index (χ2v) is 3.34. The molecule has 0 spiro atoms. The molecule has 0 fully saturated rings. The maximum Gasteiger partial charge on any atom is 0.169 e. The molecule has 0 bridgehead atoms. The van der Waals surface area contributed by atoms with Gasteiger partial charge in [-0.2, -0.15) is 5.10 Å². The quantitative estimate of drug-likeness (QED) is 0.764. The highest BCUT2D eigenvalue weighted by Gasteiger charge is 2.01. The van der Waals surface area contributed by atoms with E-state index in [1.807, 2.05) is 30.3 Å². The van der Waals surface area contributed by atoms with E-state index in [0.717, 1.165) is 12.1 Å². The first-order chi connectivity index (χ1) is 7.25. The molecule has 0 amide bonds. The summed E-state index contributed by atoms with van der Waals surface area (Å²) in [6.07, 6.45) is 0.721. The standard InChI is InChI=1S/C11H12N4/c12-10-7-9(14-15-11(10)13)6-8-4-2-1-3-5-8/h1-5,7H,6H2,(H2,12,14)(H2,13,15). The minimum Gasteiger partial charge on any atom is -0.396 e. The fourth-order valence-electron chi connectivity index (χ4n) is 1.35. The van der Waals surface area contributed by atoms with Gasteiger partial charge in [-0.3, -0.25) is 0 Å². The van der Waals surface area contributed by atoms with Crippen molar-refractivity contribution in [3.05, 3.63) is 47.7 Å². The minimum absolute atomic E-state index is 0.284. The maximum absolute atomic E-state index is 5.65. The molecule has 76 valence electrons. The summed E-state index contributed by atoms with van der Waals surface area (Å²) in [5.41, 5.74) is 13.6. The zero-order chi connectivity index (χ0) is 10.7. The van der Waals surface area contributed by atoms with Crippen molar-refractivity contribution in [1.29, 1.82) is 0 Å². The number of nitrogens with zero attached hydrogens (tertiary/aromatic N) is 2. The van der Waals surface area contributed by atoms with Gasteiger partial charge < -0.3 is 11.5 Å². The first-order valence-electron chi connectivity index (χ1n) is 4.67. The Balaban J connectivity index is 2.22. The first-order valence-corrected chi connectivity index (χ1v) is 4.67. The van der Waals surface area contributed by atoms with Gasteiger partial charge in [0.15, 0.2) is 5.82 Å². The Labute approximate surface area is 87.9 Å². The SMILES string of the molecule is Nc1cc(Cc2ccccc2)nnc1N. The van der Waals surface area contributed by atoms with Crippen molar-refractivity contribution >= 4 is 11.5 Å². The van der Waals surface area contributed by atoms with E-state index in [0.29, 0.717) is 5.69 Å². The summed E-state index contributed by atoms with van der Waals surface area (Å²) in [5, 5.41) is 7.76. The van der Waals surface area contributed by atoms with E-state index in [2.05, 4.69) is 10.2 Å². The van der Waals surface area contributed by atoms with Crippen LogP contribution in [0.25, 0.3) is 0 Å². The van der Waals surface area contributed by atoms with E-state index in [1.165, 1.54) is 5.56 Å². The predicted molar refractivity (Wildman–Crippen MR) is 60.1 cm³/mol. The number of anilines is 2. The third-order valence-electron chi connectivity index (χ3n) is 2.13. The van der Waals surface area contributed by atoms with E-state index in [1.54, 1.807) is 6.07 Å². The highest BCUT2D eigenvalue weighted by atomic mass is 15.1. The lowest BCUT2D eigenvalue weighted by atomic mass is 10.1. The third kappa shape index (κ3) is 2.22. The van der Waals surface area contributed by atoms with Gasteiger partial charge in [0.1, 0.15) is 0 Å². The monoisotopic (exact) mass is 200 g/mol. The van der Waals surface area contributed by atoms with Gasteiger partial charge in [-0.05, 0) is 11.6 Å². The molecule has 2 rings (SSSR count). The van der Waals surface area contributed by atoms with Crippen molar-refractivity contribution in [3.8, 4) is 0 Å². The molecule has 0 atom stereocenters. The molecule has 0 aliphatic heterocycles. The Morgan fingerprint density at radius 1 is 1.00 bits per heavy atom. The lowest BCUT2D eigenvalue weighted by Crippen LogP contribution is -2.03. The smallest absolute Gasteiger partial charge is 0.169 e. The Morgan fingerprint density at radius 3 is 2.40 bits per heavy atom. The van der Waals surface area contributed by atoms with Gasteiger partial charge in [0.05, 0.1) is 11.4 Å². The fraction of sp³-hybridized carbons (Fsp3) is 0.0909. The van der Waals surface area contributed by atoms with Crippen molar-refractivity contribution < 1.29 is 0 Å². The average Bonchev–Trinajstić information content (AvgIpc) is 2.25. The second-order valence-electron chi connectivity index (χ2n) is 3.34. The fourth-order valence-corrected chi connectivity index (χ4v) is 1.35. The van der Waals surface area contributed by atoms with E-state index >= 15 is 0 Å². The van der Waals surface area contributed by atoms with Gasteiger partial charge in [0, 0.05) is 6.42 Å². The van der Waals surface area contributed by atoms with Crippen molar-refractivity contribution in [2.24, 2.45) is 0 Å². The molecular weight excluding hydrogens is 188 g/mol. The Hall–Kier alpha value is -2.10. The van der Waals surface area contributed by atoms with Crippen molar-refractivity contribution in [2.45, 2.75) is 6.42 Å². The molecule has 0 saturated heterocycles. The van der Waals surface area contributed by atoms with Crippen LogP contribution in [0.4, 0.5) is 11.5 Å². The summed E-state index contributed by atoms with van der Waals surface area (Å²) < 4.78 is 0. The van der Waals surface area contributed by atoms with Crippen LogP contribution in [0.5, 0.6) is 0 Å². The number of rotatable bonds is 2. The van der Waals surface area contributed by atoms with Gasteiger partial charge in [-0.15, -0.1) is 5.10 Å². The molecule has 0 saturated carbocycles. The first kappa shape index (κ1) is 9.45. The van der Waals surface area contributed by atoms with Gasteiger partial charge in [-0.1, -0.05) is 30.3 Å². The van der Waals surface area contributed by atoms with Crippen LogP contribution in [0.1, 0.15) is 11.3 Å². The van der Waals surface area contributed by atoms with E-state index in [9.17, 15) is 0 Å². The minimum atomic E-state index is 0.284. The number of benzene rings is 1. The molecule has 4 N–H and O–H groups in total. The third-order valence-corrected chi connectivity index (χ3v) is 2.13. The summed E-state index contributed by atoms with van der Waals surface area (Å²) >= 11 is 0. The molecule has 1 aromatic heterocycles. The largest absolute Gasteiger partial charge is 0.396 e. The summed E-state index contributed by atoms with van der Waals surface area (Å²) in [6, 6.07) is 11.8. The van der Waals surface area contributed by atoms with Crippen LogP contribution in [0.3, 0.4) is 0 Å². The second kappa shape index (κ2) is 3.96. The lowest BCUT2D eigenvalue weighted by Gasteiger charge is -2.02. The Kier molecular flexibility index (Phi) is 2.49. The molecule has 15 heavy (non-hydrogen) atoms. The molecule has 4 nitrogen and oxygen atoms in total. The van der Waals surface area contributed by atoms with E-state index in [-0.39, 0.29) is 5.82 Å². The van der Waals surface area contributed by atoms with Gasteiger partial charge in [-0.25, -0.2) is 0 Å². The number of nitrogens with two attached hydrogens (primary N) is 2. The molecule has 4 heteroatoms. The number of nitrogen functional groups attached to an aromatic ring is 2. The van der Waals surface area contributed by atoms with Crippen LogP contribution < -0.4 is 11.5 Å². The van der Waals surface area contributed by atoms with Gasteiger partial charge >= 0.3 is 0 Å². The molecule has 0 radical (unpaired) electrons. The summed E-state index contributed by atoms with van der Waals surface area (Å²) in [5.74, 6) is 0.284. The summed E-state index contributed by atoms with van der Waals surface area (Å²) in [7, 11) is 0. The highest BCUT2D eigenvalue weighted by Crippen LogP contribution is 2.13. The summed E-state index contributed by atoms with van der Waals surface area (Å²) in [4.78, 5) is 0. The molecular formula is C11H12N4. The summed E-state index contributed by atoms with van der Waals surface area (Å²) in [6.45, 7) is 0.